The summed E-state index contributed by atoms with van der Waals surface area (Å²) in [4.78, 5) is 100. The van der Waals surface area contributed by atoms with Crippen LogP contribution in [0, 0.1) is 17.8 Å². The Morgan fingerprint density at radius 2 is 1.49 bits per heavy atom. The summed E-state index contributed by atoms with van der Waals surface area (Å²) in [6.07, 6.45) is -2.24. The van der Waals surface area contributed by atoms with Crippen LogP contribution < -0.4 is 10.6 Å². The number of Topliss-reactive ketones (excluding diaryl/α,β-unsaturated/α-hetero) is 3. The van der Waals surface area contributed by atoms with E-state index in [0.29, 0.717) is 13.2 Å². The van der Waals surface area contributed by atoms with Gasteiger partial charge in [-0.05, 0) is 18.8 Å². The van der Waals surface area contributed by atoms with Crippen molar-refractivity contribution >= 4 is 47.1 Å². The SMILES string of the molecule is COCCOCCCC(=O)[C@H](CC(=O)O)NC(=O)[C@@H](CC(=O)[C@H](CCC(=O)O)NC(=O)[C@H](CC(=O)O)CC(=O)Cn1cc(CC[18F])nn1)C(C)C. The average Bonchev–Trinajstić information content (AvgIpc) is 3.48. The van der Waals surface area contributed by atoms with E-state index in [4.69, 9.17) is 9.47 Å². The number of ketones is 3. The number of aryl methyl sites for hydroxylation is 1. The molecule has 0 saturated heterocycles. The molecular weight excluding hydrogens is 680 g/mol. The standard InChI is InChI=1S/C32H48FN5O13/c1-19(2)23(32(49)35-25(16-30(46)47)26(40)5-4-10-51-12-11-50-3)15-27(41)24(6-7-28(42)43)34-31(48)20(14-29(44)45)13-22(39)18-38-17-21(8-9-33)36-37-38/h17,19-20,23-25H,4-16,18H2,1-3H3,(H,34,48)(H,35,49)(H,42,43)(H,44,45)(H,46,47)/t20-,23-,24-,25-/m0/s1/i33-1. The van der Waals surface area contributed by atoms with Crippen molar-refractivity contribution < 1.29 is 67.5 Å². The van der Waals surface area contributed by atoms with Crippen molar-refractivity contribution in [1.82, 2.24) is 25.6 Å². The van der Waals surface area contributed by atoms with Crippen molar-refractivity contribution in [3.8, 4) is 0 Å². The van der Waals surface area contributed by atoms with Gasteiger partial charge in [0.1, 0.15) is 6.54 Å². The Kier molecular flexibility index (Phi) is 20.6. The molecule has 0 aliphatic heterocycles. The van der Waals surface area contributed by atoms with Gasteiger partial charge in [-0.25, -0.2) is 4.68 Å². The van der Waals surface area contributed by atoms with Gasteiger partial charge in [0.15, 0.2) is 17.3 Å². The Morgan fingerprint density at radius 3 is 2.08 bits per heavy atom. The van der Waals surface area contributed by atoms with Crippen LogP contribution in [0.2, 0.25) is 0 Å². The molecule has 1 aromatic rings. The number of carbonyl (C=O) groups excluding carboxylic acids is 5. The zero-order chi connectivity index (χ0) is 38.5. The summed E-state index contributed by atoms with van der Waals surface area (Å²) in [5, 5.41) is 40.2. The Balaban J connectivity index is 3.08. The average molecular weight is 729 g/mol. The van der Waals surface area contributed by atoms with Crippen LogP contribution in [0.4, 0.5) is 4.39 Å². The number of aromatic nitrogens is 3. The second-order valence-electron chi connectivity index (χ2n) is 12.2. The number of hydrogen-bond acceptors (Lipinski definition) is 12. The van der Waals surface area contributed by atoms with Gasteiger partial charge in [-0.1, -0.05) is 19.1 Å². The van der Waals surface area contributed by atoms with Gasteiger partial charge in [-0.2, -0.15) is 0 Å². The number of ether oxygens (including phenoxy) is 2. The summed E-state index contributed by atoms with van der Waals surface area (Å²) < 4.78 is 23.8. The first-order valence-electron chi connectivity index (χ1n) is 16.4. The zero-order valence-electron chi connectivity index (χ0n) is 29.0. The van der Waals surface area contributed by atoms with Gasteiger partial charge < -0.3 is 35.4 Å². The number of halogens is 1. The Morgan fingerprint density at radius 1 is 0.824 bits per heavy atom. The molecule has 51 heavy (non-hydrogen) atoms. The number of rotatable bonds is 29. The lowest BCUT2D eigenvalue weighted by atomic mass is 9.86. The summed E-state index contributed by atoms with van der Waals surface area (Å²) in [6.45, 7) is 2.93. The highest BCUT2D eigenvalue weighted by Crippen LogP contribution is 2.20. The molecule has 0 aliphatic rings. The van der Waals surface area contributed by atoms with Gasteiger partial charge in [-0.15, -0.1) is 5.10 Å². The number of alkyl halides is 1. The van der Waals surface area contributed by atoms with E-state index < -0.39 is 129 Å². The molecule has 0 unspecified atom stereocenters. The maximum atomic E-state index is 13.5. The maximum absolute atomic E-state index is 13.5. The van der Waals surface area contributed by atoms with Crippen molar-refractivity contribution in [2.24, 2.45) is 17.8 Å². The van der Waals surface area contributed by atoms with Crippen molar-refractivity contribution in [3.63, 3.8) is 0 Å². The molecule has 18 nitrogen and oxygen atoms in total. The van der Waals surface area contributed by atoms with Crippen LogP contribution in [0.1, 0.15) is 70.9 Å². The molecule has 286 valence electrons. The first kappa shape index (κ1) is 44.4. The van der Waals surface area contributed by atoms with Crippen molar-refractivity contribution in [2.75, 3.05) is 33.6 Å². The summed E-state index contributed by atoms with van der Waals surface area (Å²) >= 11 is 0. The van der Waals surface area contributed by atoms with E-state index in [-0.39, 0.29) is 31.6 Å². The van der Waals surface area contributed by atoms with E-state index in [0.717, 1.165) is 4.68 Å². The number of carboxylic acid groups (broad SMARTS) is 3. The number of carboxylic acids is 3. The highest BCUT2D eigenvalue weighted by Gasteiger charge is 2.34. The molecule has 2 amide bonds. The largest absolute Gasteiger partial charge is 0.481 e. The fraction of sp³-hybridized carbons (Fsp3) is 0.688. The van der Waals surface area contributed by atoms with E-state index in [1.165, 1.54) is 13.3 Å². The predicted molar refractivity (Wildman–Crippen MR) is 173 cm³/mol. The van der Waals surface area contributed by atoms with Crippen LogP contribution in [0.15, 0.2) is 6.20 Å². The van der Waals surface area contributed by atoms with E-state index in [2.05, 4.69) is 20.9 Å². The van der Waals surface area contributed by atoms with E-state index in [1.807, 2.05) is 0 Å². The quantitative estimate of drug-likeness (QED) is 0.0699. The minimum Gasteiger partial charge on any atom is -0.481 e. The molecule has 0 aliphatic carbocycles. The molecule has 0 saturated carbocycles. The monoisotopic (exact) mass is 728 g/mol. The number of carbonyl (C=O) groups is 8. The fourth-order valence-electron chi connectivity index (χ4n) is 4.94. The minimum absolute atomic E-state index is 0.0315. The Bertz CT molecular complexity index is 1350. The van der Waals surface area contributed by atoms with Gasteiger partial charge in [0.05, 0.1) is 56.4 Å². The minimum atomic E-state index is -1.50. The molecule has 1 aromatic heterocycles. The Labute approximate surface area is 293 Å². The molecule has 0 bridgehead atoms. The smallest absolute Gasteiger partial charge is 0.305 e. The lowest BCUT2D eigenvalue weighted by Crippen LogP contribution is -2.48. The van der Waals surface area contributed by atoms with Crippen LogP contribution in [-0.4, -0.2) is 123 Å². The van der Waals surface area contributed by atoms with Crippen molar-refractivity contribution in [1.29, 1.82) is 0 Å². The number of hydrogen-bond donors (Lipinski definition) is 5. The topological polar surface area (TPSA) is 270 Å². The summed E-state index contributed by atoms with van der Waals surface area (Å²) in [5.74, 6) is -11.0. The second kappa shape index (κ2) is 23.7. The highest BCUT2D eigenvalue weighted by atomic mass is 18.2. The maximum Gasteiger partial charge on any atom is 0.305 e. The Hall–Kier alpha value is -4.65. The molecular formula is C32H48FN5O13. The van der Waals surface area contributed by atoms with Gasteiger partial charge in [0.2, 0.25) is 11.8 Å². The number of methoxy groups -OCH3 is 1. The van der Waals surface area contributed by atoms with E-state index >= 15 is 0 Å². The molecule has 5 N–H and O–H groups in total. The van der Waals surface area contributed by atoms with Gasteiger partial charge in [0.25, 0.3) is 0 Å². The first-order chi connectivity index (χ1) is 24.1. The molecule has 1 heterocycles. The number of aliphatic carboxylic acids is 3. The zero-order valence-corrected chi connectivity index (χ0v) is 29.0. The second-order valence-corrected chi connectivity index (χ2v) is 12.2. The third kappa shape index (κ3) is 18.2. The number of nitrogens with one attached hydrogen (secondary N) is 2. The third-order valence-electron chi connectivity index (χ3n) is 7.68. The number of nitrogens with zero attached hydrogens (tertiary/aromatic N) is 3. The molecule has 0 fully saturated rings. The van der Waals surface area contributed by atoms with Crippen LogP contribution >= 0.6 is 0 Å². The molecule has 19 heteroatoms. The lowest BCUT2D eigenvalue weighted by molar-refractivity contribution is -0.143. The normalized spacial score (nSPS) is 13.5. The first-order valence-corrected chi connectivity index (χ1v) is 16.4. The third-order valence-corrected chi connectivity index (χ3v) is 7.68. The lowest BCUT2D eigenvalue weighted by Gasteiger charge is -2.26. The van der Waals surface area contributed by atoms with Crippen LogP contribution in [0.25, 0.3) is 0 Å². The van der Waals surface area contributed by atoms with Crippen LogP contribution in [-0.2, 0) is 60.8 Å². The highest BCUT2D eigenvalue weighted by molar-refractivity contribution is 5.96. The van der Waals surface area contributed by atoms with Crippen LogP contribution in [0.3, 0.4) is 0 Å². The van der Waals surface area contributed by atoms with Crippen molar-refractivity contribution in [3.05, 3.63) is 11.9 Å². The predicted octanol–water partition coefficient (Wildman–Crippen LogP) is 0.393. The van der Waals surface area contributed by atoms with Gasteiger partial charge in [0, 0.05) is 57.9 Å². The molecule has 0 spiro atoms. The molecule has 1 rings (SSSR count). The van der Waals surface area contributed by atoms with Crippen molar-refractivity contribution in [2.45, 2.75) is 90.3 Å². The molecule has 0 aromatic carbocycles. The van der Waals surface area contributed by atoms with Gasteiger partial charge in [-0.3, -0.25) is 42.7 Å². The summed E-state index contributed by atoms with van der Waals surface area (Å²) in [6, 6.07) is -2.91. The molecule has 0 radical (unpaired) electrons. The van der Waals surface area contributed by atoms with E-state index in [1.54, 1.807) is 13.8 Å². The number of amides is 2. The summed E-state index contributed by atoms with van der Waals surface area (Å²) in [7, 11) is 1.50. The van der Waals surface area contributed by atoms with E-state index in [9.17, 15) is 58.1 Å². The summed E-state index contributed by atoms with van der Waals surface area (Å²) in [5.41, 5.74) is 0.279. The fourth-order valence-corrected chi connectivity index (χ4v) is 4.94. The van der Waals surface area contributed by atoms with Gasteiger partial charge >= 0.3 is 17.9 Å². The molecule has 4 atom stereocenters. The van der Waals surface area contributed by atoms with Crippen LogP contribution in [0.5, 0.6) is 0 Å².